The predicted molar refractivity (Wildman–Crippen MR) is 47.5 cm³/mol. The third-order valence-electron chi connectivity index (χ3n) is 1.30. The predicted octanol–water partition coefficient (Wildman–Crippen LogP) is -4.94. The van der Waals surface area contributed by atoms with E-state index in [2.05, 4.69) is 0 Å². The summed E-state index contributed by atoms with van der Waals surface area (Å²) in [6, 6.07) is 0. The molecule has 11 heteroatoms. The molecule has 0 radical (unpaired) electrons. The minimum Gasteiger partial charge on any atom is -0.550 e. The number of carbonyl (C=O) groups is 4. The summed E-state index contributed by atoms with van der Waals surface area (Å²) in [6.07, 6.45) is -1.72. The van der Waals surface area contributed by atoms with Crippen LogP contribution in [0.4, 0.5) is 0 Å². The Balaban J connectivity index is -0.000000282. The largest absolute Gasteiger partial charge is 0.550 e. The van der Waals surface area contributed by atoms with E-state index in [0.717, 1.165) is 0 Å². The van der Waals surface area contributed by atoms with Gasteiger partial charge in [0.2, 0.25) is 5.78 Å². The van der Waals surface area contributed by atoms with Crippen LogP contribution < -0.4 is 33.8 Å². The first-order valence-corrected chi connectivity index (χ1v) is 3.11. The van der Waals surface area contributed by atoms with Crippen molar-refractivity contribution in [2.45, 2.75) is 12.0 Å². The molecule has 0 amide bonds. The fourth-order valence-corrected chi connectivity index (χ4v) is 0.623. The van der Waals surface area contributed by atoms with Gasteiger partial charge < -0.3 is 53.3 Å². The van der Waals surface area contributed by atoms with E-state index >= 15 is 0 Å². The molecule has 13 N–H and O–H groups in total. The quantitative estimate of drug-likeness (QED) is 0.272. The maximum absolute atomic E-state index is 10.5. The molecule has 102 valence electrons. The van der Waals surface area contributed by atoms with E-state index in [4.69, 9.17) is 5.11 Å². The first-order chi connectivity index (χ1) is 6.21. The molecule has 1 unspecified atom stereocenters. The number of rotatable bonds is 5. The summed E-state index contributed by atoms with van der Waals surface area (Å²) < 4.78 is 0. The lowest BCUT2D eigenvalue weighted by atomic mass is 9.94. The summed E-state index contributed by atoms with van der Waals surface area (Å²) in [4.78, 5) is 40.5. The van der Waals surface area contributed by atoms with E-state index in [1.807, 2.05) is 0 Å². The normalized spacial score (nSPS) is 11.6. The molecular weight excluding hydrogens is 242 g/mol. The molecule has 0 aromatic heterocycles. The topological polar surface area (TPSA) is 267 Å². The molecule has 17 heavy (non-hydrogen) atoms. The third-order valence-corrected chi connectivity index (χ3v) is 1.30. The van der Waals surface area contributed by atoms with Crippen molar-refractivity contribution in [1.29, 1.82) is 0 Å². The minimum atomic E-state index is -3.66. The fraction of sp³-hybridized carbons (Fsp3) is 0.333. The zero-order valence-corrected chi connectivity index (χ0v) is 9.51. The van der Waals surface area contributed by atoms with Crippen LogP contribution in [0.1, 0.15) is 6.42 Å². The van der Waals surface area contributed by atoms with E-state index < -0.39 is 35.7 Å². The lowest BCUT2D eigenvalue weighted by Crippen LogP contribution is -2.60. The van der Waals surface area contributed by atoms with Gasteiger partial charge in [0, 0.05) is 12.4 Å². The Morgan fingerprint density at radius 2 is 1.29 bits per heavy atom. The number of hydrogen-bond acceptors (Lipinski definition) is 8. The molecule has 0 aromatic carbocycles. The number of Topliss-reactive ketones (excluding diaryl/α,β-unsaturated/α-hetero) is 1. The maximum Gasteiger partial charge on any atom is 0.215 e. The van der Waals surface area contributed by atoms with E-state index in [0.29, 0.717) is 0 Å². The summed E-state index contributed by atoms with van der Waals surface area (Å²) >= 11 is 0. The van der Waals surface area contributed by atoms with Gasteiger partial charge in [-0.25, -0.2) is 0 Å². The van der Waals surface area contributed by atoms with E-state index in [9.17, 15) is 34.5 Å². The second kappa shape index (κ2) is 8.12. The van der Waals surface area contributed by atoms with Gasteiger partial charge in [-0.15, -0.1) is 0 Å². The molecule has 0 saturated carbocycles. The molecule has 0 heterocycles. The maximum atomic E-state index is 10.5. The van der Waals surface area contributed by atoms with Gasteiger partial charge in [-0.1, -0.05) is 0 Å². The van der Waals surface area contributed by atoms with Crippen LogP contribution in [0.3, 0.4) is 0 Å². The summed E-state index contributed by atoms with van der Waals surface area (Å²) in [5.41, 5.74) is -3.66. The Morgan fingerprint density at radius 3 is 1.47 bits per heavy atom. The second-order valence-corrected chi connectivity index (χ2v) is 2.31. The monoisotopic (exact) mass is 257 g/mol. The van der Waals surface area contributed by atoms with E-state index in [-0.39, 0.29) is 18.5 Å². The van der Waals surface area contributed by atoms with Crippen LogP contribution >= 0.6 is 0 Å². The highest BCUT2D eigenvalue weighted by atomic mass is 16.4. The molecule has 0 bridgehead atoms. The molecule has 0 spiro atoms. The van der Waals surface area contributed by atoms with Crippen molar-refractivity contribution < 1.29 is 39.6 Å². The standard InChI is InChI=1S/C6H6O8.3H3N/c7-2(8)1-6(14,5(12)13)3(9)4(10)11;;;/h14H,1H2,(H,7,8)(H,10,11)(H,12,13);3*1H3. The summed E-state index contributed by atoms with van der Waals surface area (Å²) in [7, 11) is 0. The van der Waals surface area contributed by atoms with Crippen LogP contribution in [-0.2, 0) is 19.2 Å². The van der Waals surface area contributed by atoms with Gasteiger partial charge in [-0.3, -0.25) is 4.79 Å². The molecule has 0 rings (SSSR count). The van der Waals surface area contributed by atoms with Crippen LogP contribution in [0.15, 0.2) is 0 Å². The molecule has 0 aliphatic carbocycles. The van der Waals surface area contributed by atoms with Gasteiger partial charge in [-0.05, 0) is 0 Å². The number of ketones is 1. The number of carboxylic acid groups (broad SMARTS) is 3. The lowest BCUT2D eigenvalue weighted by molar-refractivity contribution is -0.333. The number of hydrogen-bond donors (Lipinski definition) is 4. The van der Waals surface area contributed by atoms with E-state index in [1.165, 1.54) is 0 Å². The number of aliphatic hydroxyl groups is 1. The zero-order valence-electron chi connectivity index (χ0n) is 9.51. The highest BCUT2D eigenvalue weighted by molar-refractivity contribution is 6.40. The van der Waals surface area contributed by atoms with Gasteiger partial charge in [-0.2, -0.15) is 0 Å². The van der Waals surface area contributed by atoms with Crippen molar-refractivity contribution in [3.05, 3.63) is 0 Å². The molecule has 0 fully saturated rings. The molecule has 0 saturated heterocycles. The van der Waals surface area contributed by atoms with Crippen molar-refractivity contribution >= 4 is 23.7 Å². The molecule has 0 aliphatic heterocycles. The van der Waals surface area contributed by atoms with Crippen molar-refractivity contribution in [1.82, 2.24) is 18.5 Å². The van der Waals surface area contributed by atoms with Gasteiger partial charge in [0.15, 0.2) is 5.60 Å². The molecule has 1 atom stereocenters. The van der Waals surface area contributed by atoms with Crippen LogP contribution in [0.2, 0.25) is 0 Å². The lowest BCUT2D eigenvalue weighted by Gasteiger charge is -2.27. The second-order valence-electron chi connectivity index (χ2n) is 2.31. The van der Waals surface area contributed by atoms with Crippen LogP contribution in [-0.4, -0.2) is 34.4 Å². The summed E-state index contributed by atoms with van der Waals surface area (Å²) in [5, 5.41) is 38.8. The Bertz CT molecular complexity index is 316. The first kappa shape index (κ1) is 24.2. The average Bonchev–Trinajstić information content (AvgIpc) is 2.00. The number of quaternary nitrogens is 3. The van der Waals surface area contributed by atoms with Crippen molar-refractivity contribution in [2.24, 2.45) is 0 Å². The number of carbonyl (C=O) groups excluding carboxylic acids is 4. The van der Waals surface area contributed by atoms with Crippen LogP contribution in [0, 0.1) is 0 Å². The molecule has 0 aromatic rings. The van der Waals surface area contributed by atoms with Gasteiger partial charge in [0.05, 0.1) is 5.97 Å². The van der Waals surface area contributed by atoms with E-state index in [1.54, 1.807) is 0 Å². The van der Waals surface area contributed by atoms with Gasteiger partial charge in [0.25, 0.3) is 0 Å². The van der Waals surface area contributed by atoms with Gasteiger partial charge in [0.1, 0.15) is 5.97 Å². The third kappa shape index (κ3) is 5.53. The van der Waals surface area contributed by atoms with Crippen molar-refractivity contribution in [3.8, 4) is 0 Å². The van der Waals surface area contributed by atoms with Crippen LogP contribution in [0.25, 0.3) is 0 Å². The molecular formula is C6H15N3O8. The molecule has 0 aliphatic rings. The fourth-order valence-electron chi connectivity index (χ4n) is 0.623. The summed E-state index contributed by atoms with van der Waals surface area (Å²) in [6.45, 7) is 0. The Kier molecular flexibility index (Phi) is 11.6. The summed E-state index contributed by atoms with van der Waals surface area (Å²) in [5.74, 6) is -9.50. The first-order valence-electron chi connectivity index (χ1n) is 3.11. The molecule has 11 nitrogen and oxygen atoms in total. The number of carboxylic acids is 3. The zero-order chi connectivity index (χ0) is 11.5. The number of aliphatic carboxylic acids is 3. The highest BCUT2D eigenvalue weighted by Crippen LogP contribution is 2.10. The van der Waals surface area contributed by atoms with Crippen molar-refractivity contribution in [2.75, 3.05) is 0 Å². The Morgan fingerprint density at radius 1 is 0.941 bits per heavy atom. The smallest absolute Gasteiger partial charge is 0.215 e. The SMILES string of the molecule is O=C([O-])CC(O)(C(=O)[O-])C(=O)C(=O)[O-].[NH4+].[NH4+].[NH4+]. The Hall–Kier alpha value is -2.08. The van der Waals surface area contributed by atoms with Gasteiger partial charge >= 0.3 is 0 Å². The van der Waals surface area contributed by atoms with Crippen LogP contribution in [0.5, 0.6) is 0 Å². The highest BCUT2D eigenvalue weighted by Gasteiger charge is 2.38. The van der Waals surface area contributed by atoms with Crippen molar-refractivity contribution in [3.63, 3.8) is 0 Å². The minimum absolute atomic E-state index is 0. The Labute approximate surface area is 94.8 Å². The average molecular weight is 257 g/mol.